The van der Waals surface area contributed by atoms with Crippen molar-refractivity contribution in [3.05, 3.63) is 36.9 Å². The summed E-state index contributed by atoms with van der Waals surface area (Å²) >= 11 is 0. The molecule has 3 rings (SSSR count). The van der Waals surface area contributed by atoms with E-state index in [2.05, 4.69) is 39.9 Å². The summed E-state index contributed by atoms with van der Waals surface area (Å²) in [6.07, 6.45) is 5.56. The van der Waals surface area contributed by atoms with Crippen LogP contribution in [0.3, 0.4) is 0 Å². The molecule has 18 heavy (non-hydrogen) atoms. The fourth-order valence-corrected chi connectivity index (χ4v) is 2.29. The van der Waals surface area contributed by atoms with Crippen LogP contribution >= 0.6 is 0 Å². The topological polar surface area (TPSA) is 50.1 Å². The van der Waals surface area contributed by atoms with Gasteiger partial charge in [0.15, 0.2) is 12.2 Å². The number of aromatic nitrogens is 1. The number of nitrogens with one attached hydrogen (secondary N) is 2. The van der Waals surface area contributed by atoms with Crippen molar-refractivity contribution in [2.24, 2.45) is 0 Å². The van der Waals surface area contributed by atoms with Crippen LogP contribution in [0.5, 0.6) is 0 Å². The van der Waals surface area contributed by atoms with E-state index in [0.717, 1.165) is 24.4 Å². The van der Waals surface area contributed by atoms with E-state index >= 15 is 0 Å². The van der Waals surface area contributed by atoms with Crippen LogP contribution in [-0.2, 0) is 0 Å². The predicted molar refractivity (Wildman–Crippen MR) is 71.5 cm³/mol. The number of oxazole rings is 1. The lowest BCUT2D eigenvalue weighted by molar-refractivity contribution is 0.479. The summed E-state index contributed by atoms with van der Waals surface area (Å²) in [5, 5.41) is 6.94. The Morgan fingerprint density at radius 2 is 1.94 bits per heavy atom. The molecule has 0 atom stereocenters. The van der Waals surface area contributed by atoms with Gasteiger partial charge in [-0.3, -0.25) is 0 Å². The van der Waals surface area contributed by atoms with Crippen LogP contribution in [0.15, 0.2) is 41.3 Å². The lowest BCUT2D eigenvalue weighted by Gasteiger charge is -2.24. The van der Waals surface area contributed by atoms with Gasteiger partial charge < -0.3 is 15.1 Å². The zero-order chi connectivity index (χ0) is 12.2. The molecule has 4 nitrogen and oxygen atoms in total. The van der Waals surface area contributed by atoms with Crippen LogP contribution < -0.4 is 10.6 Å². The van der Waals surface area contributed by atoms with Gasteiger partial charge in [0.2, 0.25) is 0 Å². The Kier molecular flexibility index (Phi) is 3.28. The molecule has 0 bridgehead atoms. The fraction of sp³-hybridized carbons (Fsp3) is 0.357. The van der Waals surface area contributed by atoms with Crippen molar-refractivity contribution in [1.82, 2.24) is 10.3 Å². The van der Waals surface area contributed by atoms with Crippen LogP contribution in [-0.4, -0.2) is 24.1 Å². The molecule has 2 heterocycles. The third-order valence-electron chi connectivity index (χ3n) is 3.31. The molecule has 1 fully saturated rings. The first-order valence-corrected chi connectivity index (χ1v) is 6.38. The summed E-state index contributed by atoms with van der Waals surface area (Å²) in [6, 6.07) is 8.90. The molecule has 2 N–H and O–H groups in total. The first-order valence-electron chi connectivity index (χ1n) is 6.38. The lowest BCUT2D eigenvalue weighted by atomic mass is 10.1. The molecule has 2 aromatic rings. The molecule has 1 saturated heterocycles. The number of rotatable bonds is 3. The van der Waals surface area contributed by atoms with Crippen molar-refractivity contribution in [3.8, 4) is 11.3 Å². The second kappa shape index (κ2) is 5.23. The molecule has 1 aromatic carbocycles. The van der Waals surface area contributed by atoms with Crippen LogP contribution in [0.2, 0.25) is 0 Å². The minimum Gasteiger partial charge on any atom is -0.444 e. The van der Waals surface area contributed by atoms with Crippen molar-refractivity contribution in [3.63, 3.8) is 0 Å². The van der Waals surface area contributed by atoms with Crippen molar-refractivity contribution >= 4 is 5.69 Å². The minimum atomic E-state index is 0.586. The molecular formula is C14H17N3O. The number of hydrogen-bond donors (Lipinski definition) is 2. The van der Waals surface area contributed by atoms with Crippen molar-refractivity contribution in [1.29, 1.82) is 0 Å². The zero-order valence-corrected chi connectivity index (χ0v) is 10.2. The van der Waals surface area contributed by atoms with Crippen LogP contribution in [0, 0.1) is 0 Å². The molecule has 0 spiro atoms. The van der Waals surface area contributed by atoms with Gasteiger partial charge in [-0.2, -0.15) is 0 Å². The van der Waals surface area contributed by atoms with Gasteiger partial charge in [-0.1, -0.05) is 0 Å². The van der Waals surface area contributed by atoms with Crippen molar-refractivity contribution in [2.75, 3.05) is 18.4 Å². The van der Waals surface area contributed by atoms with Crippen LogP contribution in [0.4, 0.5) is 5.69 Å². The SMILES string of the molecule is c1ncc(-c2ccc(NC3CCNCC3)cc2)o1. The largest absolute Gasteiger partial charge is 0.444 e. The maximum atomic E-state index is 5.27. The van der Waals surface area contributed by atoms with E-state index in [1.807, 2.05) is 0 Å². The van der Waals surface area contributed by atoms with E-state index < -0.39 is 0 Å². The van der Waals surface area contributed by atoms with Gasteiger partial charge in [0.1, 0.15) is 0 Å². The maximum Gasteiger partial charge on any atom is 0.181 e. The van der Waals surface area contributed by atoms with Crippen molar-refractivity contribution in [2.45, 2.75) is 18.9 Å². The average Bonchev–Trinajstić information content (AvgIpc) is 2.95. The Labute approximate surface area is 106 Å². The summed E-state index contributed by atoms with van der Waals surface area (Å²) in [6.45, 7) is 2.21. The van der Waals surface area contributed by atoms with Crippen LogP contribution in [0.1, 0.15) is 12.8 Å². The van der Waals surface area contributed by atoms with Gasteiger partial charge in [-0.25, -0.2) is 4.98 Å². The molecular weight excluding hydrogens is 226 g/mol. The molecule has 4 heteroatoms. The van der Waals surface area contributed by atoms with Crippen molar-refractivity contribution < 1.29 is 4.42 Å². The highest BCUT2D eigenvalue weighted by Crippen LogP contribution is 2.21. The number of benzene rings is 1. The molecule has 1 aromatic heterocycles. The Bertz CT molecular complexity index is 472. The molecule has 1 aliphatic heterocycles. The van der Waals surface area contributed by atoms with Crippen LogP contribution in [0.25, 0.3) is 11.3 Å². The molecule has 0 unspecified atom stereocenters. The predicted octanol–water partition coefficient (Wildman–Crippen LogP) is 2.51. The van der Waals surface area contributed by atoms with Gasteiger partial charge in [0, 0.05) is 17.3 Å². The third kappa shape index (κ3) is 2.54. The number of nitrogens with zero attached hydrogens (tertiary/aromatic N) is 1. The van der Waals surface area contributed by atoms with Gasteiger partial charge in [0.25, 0.3) is 0 Å². The second-order valence-electron chi connectivity index (χ2n) is 4.61. The number of hydrogen-bond acceptors (Lipinski definition) is 4. The molecule has 0 saturated carbocycles. The standard InChI is InChI=1S/C14H17N3O/c1-3-12(17-13-5-7-15-8-6-13)4-2-11(1)14-9-16-10-18-14/h1-4,9-10,13,15,17H,5-8H2. The lowest BCUT2D eigenvalue weighted by Crippen LogP contribution is -2.35. The number of piperidine rings is 1. The number of anilines is 1. The molecule has 1 aliphatic rings. The highest BCUT2D eigenvalue weighted by molar-refractivity contribution is 5.60. The highest BCUT2D eigenvalue weighted by atomic mass is 16.3. The average molecular weight is 243 g/mol. The minimum absolute atomic E-state index is 0.586. The maximum absolute atomic E-state index is 5.27. The van der Waals surface area contributed by atoms with E-state index in [-0.39, 0.29) is 0 Å². The Balaban J connectivity index is 1.67. The fourth-order valence-electron chi connectivity index (χ4n) is 2.29. The monoisotopic (exact) mass is 243 g/mol. The summed E-state index contributed by atoms with van der Waals surface area (Å²) in [7, 11) is 0. The van der Waals surface area contributed by atoms with E-state index in [0.29, 0.717) is 6.04 Å². The zero-order valence-electron chi connectivity index (χ0n) is 10.2. The van der Waals surface area contributed by atoms with Gasteiger partial charge in [-0.15, -0.1) is 0 Å². The summed E-state index contributed by atoms with van der Waals surface area (Å²) < 4.78 is 5.27. The van der Waals surface area contributed by atoms with Gasteiger partial charge >= 0.3 is 0 Å². The smallest absolute Gasteiger partial charge is 0.181 e. The van der Waals surface area contributed by atoms with Gasteiger partial charge in [0.05, 0.1) is 6.20 Å². The second-order valence-corrected chi connectivity index (χ2v) is 4.61. The normalized spacial score (nSPS) is 16.7. The Morgan fingerprint density at radius 3 is 2.61 bits per heavy atom. The van der Waals surface area contributed by atoms with E-state index in [9.17, 15) is 0 Å². The molecule has 0 radical (unpaired) electrons. The first kappa shape index (κ1) is 11.3. The van der Waals surface area contributed by atoms with E-state index in [4.69, 9.17) is 4.42 Å². The Morgan fingerprint density at radius 1 is 1.17 bits per heavy atom. The highest BCUT2D eigenvalue weighted by Gasteiger charge is 2.12. The summed E-state index contributed by atoms with van der Waals surface area (Å²) in [5.41, 5.74) is 2.23. The summed E-state index contributed by atoms with van der Waals surface area (Å²) in [4.78, 5) is 3.93. The third-order valence-corrected chi connectivity index (χ3v) is 3.31. The Hall–Kier alpha value is -1.81. The molecule has 94 valence electrons. The van der Waals surface area contributed by atoms with E-state index in [1.165, 1.54) is 24.9 Å². The quantitative estimate of drug-likeness (QED) is 0.869. The van der Waals surface area contributed by atoms with Gasteiger partial charge in [-0.05, 0) is 50.2 Å². The molecule has 0 aliphatic carbocycles. The van der Waals surface area contributed by atoms with E-state index in [1.54, 1.807) is 6.20 Å². The molecule has 0 amide bonds. The summed E-state index contributed by atoms with van der Waals surface area (Å²) in [5.74, 6) is 0.809. The first-order chi connectivity index (χ1) is 8.92.